The molecule has 4 heterocycles. The number of nitrogens with zero attached hydrogens (tertiary/aromatic N) is 4. The van der Waals surface area contributed by atoms with Crippen LogP contribution in [0.25, 0.3) is 0 Å². The van der Waals surface area contributed by atoms with E-state index in [1.54, 1.807) is 0 Å². The molecule has 28 heavy (non-hydrogen) atoms. The van der Waals surface area contributed by atoms with Crippen molar-refractivity contribution in [2.24, 2.45) is 10.7 Å². The summed E-state index contributed by atoms with van der Waals surface area (Å²) < 4.78 is 26.6. The predicted octanol–water partition coefficient (Wildman–Crippen LogP) is -3.16. The molecule has 0 saturated carbocycles. The van der Waals surface area contributed by atoms with Crippen LogP contribution < -0.4 is 5.73 Å². The second-order valence-electron chi connectivity index (χ2n) is 6.91. The predicted molar refractivity (Wildman–Crippen MR) is 88.8 cm³/mol. The molecule has 0 aromatic carbocycles. The highest BCUT2D eigenvalue weighted by Crippen LogP contribution is 2.39. The molecule has 0 spiro atoms. The maximum atomic E-state index is 14.4. The number of hydrogen-bond acceptors (Lipinski definition) is 11. The number of hydrogen-bond donors (Lipinski definition) is 6. The molecule has 3 unspecified atom stereocenters. The highest BCUT2D eigenvalue weighted by atomic mass is 19.1. The summed E-state index contributed by atoms with van der Waals surface area (Å²) in [6.07, 6.45) is -8.77. The van der Waals surface area contributed by atoms with Crippen LogP contribution in [0.15, 0.2) is 11.3 Å². The maximum absolute atomic E-state index is 14.4. The van der Waals surface area contributed by atoms with E-state index in [2.05, 4.69) is 9.98 Å². The van der Waals surface area contributed by atoms with Crippen LogP contribution in [0.2, 0.25) is 0 Å². The van der Waals surface area contributed by atoms with Gasteiger partial charge in [-0.3, -0.25) is 4.57 Å². The van der Waals surface area contributed by atoms with Crippen molar-refractivity contribution < 1.29 is 39.4 Å². The fourth-order valence-electron chi connectivity index (χ4n) is 3.66. The van der Waals surface area contributed by atoms with E-state index >= 15 is 0 Å². The Balaban J connectivity index is 1.58. The normalized spacial score (nSPS) is 43.0. The largest absolute Gasteiger partial charge is 0.394 e. The molecule has 1 aromatic rings. The molecule has 2 saturated heterocycles. The van der Waals surface area contributed by atoms with E-state index in [1.165, 1.54) is 22.1 Å². The Morgan fingerprint density at radius 1 is 1.04 bits per heavy atom. The van der Waals surface area contributed by atoms with E-state index in [4.69, 9.17) is 15.2 Å². The van der Waals surface area contributed by atoms with E-state index in [0.717, 1.165) is 0 Å². The molecule has 2 fully saturated rings. The average Bonchev–Trinajstić information content (AvgIpc) is 3.33. The third-order valence-electron chi connectivity index (χ3n) is 5.27. The lowest BCUT2D eigenvalue weighted by atomic mass is 10.1. The summed E-state index contributed by atoms with van der Waals surface area (Å²) in [4.78, 5) is 9.58. The van der Waals surface area contributed by atoms with Crippen molar-refractivity contribution in [2.45, 2.75) is 55.3 Å². The number of aliphatic imine (C=N–C) groups is 1. The van der Waals surface area contributed by atoms with Crippen molar-refractivity contribution in [1.29, 1.82) is 0 Å². The van der Waals surface area contributed by atoms with Gasteiger partial charge in [-0.15, -0.1) is 0 Å². The van der Waals surface area contributed by atoms with Crippen molar-refractivity contribution in [2.75, 3.05) is 13.2 Å². The number of alkyl halides is 1. The van der Waals surface area contributed by atoms with E-state index in [1.807, 2.05) is 0 Å². The molecule has 1 aromatic heterocycles. The molecule has 3 aliphatic heterocycles. The lowest BCUT2D eigenvalue weighted by Gasteiger charge is -2.34. The average molecular weight is 403 g/mol. The summed E-state index contributed by atoms with van der Waals surface area (Å²) in [7, 11) is 0. The Morgan fingerprint density at radius 2 is 1.68 bits per heavy atom. The lowest BCUT2D eigenvalue weighted by molar-refractivity contribution is -0.0735. The first-order valence-electron chi connectivity index (χ1n) is 8.73. The highest BCUT2D eigenvalue weighted by Gasteiger charge is 2.49. The number of rotatable bonds is 4. The van der Waals surface area contributed by atoms with Crippen molar-refractivity contribution >= 4 is 12.2 Å². The van der Waals surface area contributed by atoms with Gasteiger partial charge in [-0.05, 0) is 0 Å². The Labute approximate surface area is 158 Å². The van der Waals surface area contributed by atoms with Crippen molar-refractivity contribution in [3.8, 4) is 0 Å². The maximum Gasteiger partial charge on any atom is 0.173 e. The molecule has 12 nitrogen and oxygen atoms in total. The van der Waals surface area contributed by atoms with Crippen LogP contribution in [0.1, 0.15) is 18.1 Å². The monoisotopic (exact) mass is 403 g/mol. The number of aromatic nitrogens is 2. The Bertz CT molecular complexity index is 750. The number of fused-ring (bicyclic) bond motifs is 1. The van der Waals surface area contributed by atoms with Gasteiger partial charge in [-0.2, -0.15) is 0 Å². The van der Waals surface area contributed by atoms with Gasteiger partial charge in [-0.25, -0.2) is 14.4 Å². The summed E-state index contributed by atoms with van der Waals surface area (Å²) in [5.41, 5.74) is 6.40. The van der Waals surface area contributed by atoms with Gasteiger partial charge in [0, 0.05) is 0 Å². The molecule has 3 aliphatic rings. The number of ether oxygens (including phenoxy) is 2. The molecule has 0 bridgehead atoms. The van der Waals surface area contributed by atoms with Gasteiger partial charge < -0.3 is 45.6 Å². The number of aliphatic hydroxyl groups excluding tert-OH is 5. The highest BCUT2D eigenvalue weighted by molar-refractivity contribution is 5.66. The van der Waals surface area contributed by atoms with Crippen LogP contribution in [0.4, 0.5) is 10.2 Å². The molecular formula is C15H22FN5O7. The van der Waals surface area contributed by atoms with Gasteiger partial charge in [-0.1, -0.05) is 0 Å². The zero-order chi connectivity index (χ0) is 20.2. The summed E-state index contributed by atoms with van der Waals surface area (Å²) >= 11 is 0. The summed E-state index contributed by atoms with van der Waals surface area (Å²) in [5.74, 6) is 0.228. The third-order valence-corrected chi connectivity index (χ3v) is 5.27. The minimum atomic E-state index is -1.82. The van der Waals surface area contributed by atoms with Crippen LogP contribution >= 0.6 is 0 Å². The lowest BCUT2D eigenvalue weighted by Crippen LogP contribution is -2.47. The second kappa shape index (κ2) is 7.27. The van der Waals surface area contributed by atoms with Crippen molar-refractivity contribution in [3.63, 3.8) is 0 Å². The zero-order valence-electron chi connectivity index (χ0n) is 14.6. The number of halogens is 1. The number of nitrogens with two attached hydrogens (primary N) is 1. The van der Waals surface area contributed by atoms with Crippen LogP contribution in [-0.2, 0) is 9.47 Å². The number of imidazole rings is 1. The van der Waals surface area contributed by atoms with Gasteiger partial charge in [0.15, 0.2) is 24.4 Å². The van der Waals surface area contributed by atoms with Crippen molar-refractivity contribution in [1.82, 2.24) is 14.5 Å². The Hall–Kier alpha value is -1.71. The van der Waals surface area contributed by atoms with Crippen LogP contribution in [-0.4, -0.2) is 102 Å². The minimum absolute atomic E-state index is 0.228. The number of aliphatic hydroxyl groups is 5. The standard InChI is InChI=1S/C15H22FN5O7/c16-7-9(24)5(1-22)27-14(7)20-4-19-13-8(12(20)17)18-3-21(13)15-11(26)10(25)6(2-23)28-15/h3-7,9-12,14-15,22-26H,1-2,17H2/t5-,6-,7-,9-,10?,11?,12?,14-,15-/m1/s1. The quantitative estimate of drug-likeness (QED) is 0.300. The molecule has 4 rings (SSSR count). The zero-order valence-corrected chi connectivity index (χ0v) is 14.6. The first-order valence-corrected chi connectivity index (χ1v) is 8.73. The van der Waals surface area contributed by atoms with E-state index in [-0.39, 0.29) is 11.5 Å². The first kappa shape index (κ1) is 19.6. The summed E-state index contributed by atoms with van der Waals surface area (Å²) in [5, 5.41) is 48.3. The van der Waals surface area contributed by atoms with E-state index in [0.29, 0.717) is 0 Å². The fraction of sp³-hybridized carbons (Fsp3) is 0.733. The second-order valence-corrected chi connectivity index (χ2v) is 6.91. The molecule has 156 valence electrons. The van der Waals surface area contributed by atoms with Gasteiger partial charge in [0.1, 0.15) is 42.4 Å². The summed E-state index contributed by atoms with van der Waals surface area (Å²) in [6, 6.07) is 0. The van der Waals surface area contributed by atoms with E-state index in [9.17, 15) is 29.9 Å². The third kappa shape index (κ3) is 2.83. The van der Waals surface area contributed by atoms with Crippen LogP contribution in [0.3, 0.4) is 0 Å². The molecule has 0 aliphatic carbocycles. The SMILES string of the molecule is NC1c2ncn([C@@H]3O[C@H](CO)C(O)C3O)c2N=CN1[C@@H]1O[C@H](CO)[C@@H](O)[C@H]1F. The van der Waals surface area contributed by atoms with Gasteiger partial charge in [0.25, 0.3) is 0 Å². The molecule has 7 N–H and O–H groups in total. The molecule has 0 radical (unpaired) electrons. The van der Waals surface area contributed by atoms with Gasteiger partial charge in [0.2, 0.25) is 0 Å². The summed E-state index contributed by atoms with van der Waals surface area (Å²) in [6.45, 7) is -1.03. The first-order chi connectivity index (χ1) is 13.4. The molecular weight excluding hydrogens is 381 g/mol. The molecule has 9 atom stereocenters. The smallest absolute Gasteiger partial charge is 0.173 e. The van der Waals surface area contributed by atoms with Crippen molar-refractivity contribution in [3.05, 3.63) is 12.0 Å². The molecule has 0 amide bonds. The minimum Gasteiger partial charge on any atom is -0.394 e. The van der Waals surface area contributed by atoms with E-state index < -0.39 is 68.5 Å². The van der Waals surface area contributed by atoms with Crippen LogP contribution in [0.5, 0.6) is 0 Å². The Morgan fingerprint density at radius 3 is 2.29 bits per heavy atom. The topological polar surface area (TPSA) is 179 Å². The molecule has 13 heteroatoms. The van der Waals surface area contributed by atoms with Crippen LogP contribution in [0, 0.1) is 0 Å². The fourth-order valence-corrected chi connectivity index (χ4v) is 3.66. The Kier molecular flexibility index (Phi) is 5.09. The van der Waals surface area contributed by atoms with Gasteiger partial charge >= 0.3 is 0 Å². The van der Waals surface area contributed by atoms with Gasteiger partial charge in [0.05, 0.1) is 25.9 Å².